The maximum Gasteiger partial charge on any atom is 0.246 e. The van der Waals surface area contributed by atoms with E-state index in [1.807, 2.05) is 102 Å². The number of benzene rings is 3. The van der Waals surface area contributed by atoms with Crippen molar-refractivity contribution in [1.29, 1.82) is 0 Å². The molecule has 1 aromatic heterocycles. The van der Waals surface area contributed by atoms with E-state index in [0.717, 1.165) is 22.5 Å². The lowest BCUT2D eigenvalue weighted by Gasteiger charge is -2.22. The highest BCUT2D eigenvalue weighted by atomic mass is 16.5. The van der Waals surface area contributed by atoms with E-state index >= 15 is 0 Å². The Balaban J connectivity index is 1.54. The summed E-state index contributed by atoms with van der Waals surface area (Å²) in [4.78, 5) is 32.2. The van der Waals surface area contributed by atoms with Gasteiger partial charge in [-0.25, -0.2) is 4.98 Å². The highest BCUT2D eigenvalue weighted by Gasteiger charge is 2.20. The highest BCUT2D eigenvalue weighted by Crippen LogP contribution is 2.24. The molecule has 0 saturated heterocycles. The third-order valence-electron chi connectivity index (χ3n) is 5.51. The van der Waals surface area contributed by atoms with E-state index in [-0.39, 0.29) is 24.8 Å². The predicted octanol–water partition coefficient (Wildman–Crippen LogP) is 4.20. The fraction of sp³-hybridized carbons (Fsp3) is 0.179. The van der Waals surface area contributed by atoms with E-state index in [4.69, 9.17) is 4.74 Å². The quantitative estimate of drug-likeness (QED) is 0.379. The summed E-state index contributed by atoms with van der Waals surface area (Å²) >= 11 is 0. The van der Waals surface area contributed by atoms with Gasteiger partial charge in [0.1, 0.15) is 6.54 Å². The largest absolute Gasteiger partial charge is 0.383 e. The topological polar surface area (TPSA) is 76.5 Å². The molecule has 0 aliphatic carbocycles. The van der Waals surface area contributed by atoms with Crippen molar-refractivity contribution in [2.45, 2.75) is 6.42 Å². The number of nitrogens with zero attached hydrogens (tertiary/aromatic N) is 3. The summed E-state index contributed by atoms with van der Waals surface area (Å²) < 4.78 is 7.00. The number of ether oxygens (including phenoxy) is 1. The predicted molar refractivity (Wildman–Crippen MR) is 136 cm³/mol. The number of rotatable bonds is 10. The van der Waals surface area contributed by atoms with Crippen LogP contribution in [0.1, 0.15) is 5.56 Å². The fourth-order valence-corrected chi connectivity index (χ4v) is 3.72. The molecule has 0 spiro atoms. The summed E-state index contributed by atoms with van der Waals surface area (Å²) in [6, 6.07) is 28.9. The van der Waals surface area contributed by atoms with Crippen LogP contribution in [-0.2, 0) is 20.7 Å². The zero-order valence-corrected chi connectivity index (χ0v) is 19.6. The van der Waals surface area contributed by atoms with E-state index in [2.05, 4.69) is 10.3 Å². The van der Waals surface area contributed by atoms with Gasteiger partial charge in [-0.05, 0) is 17.7 Å². The van der Waals surface area contributed by atoms with E-state index in [1.165, 1.54) is 4.90 Å². The number of nitrogens with one attached hydrogen (secondary N) is 1. The second-order valence-electron chi connectivity index (χ2n) is 8.04. The monoisotopic (exact) mass is 468 g/mol. The number of aromatic nitrogens is 2. The second-order valence-corrected chi connectivity index (χ2v) is 8.04. The first-order chi connectivity index (χ1) is 17.1. The minimum Gasteiger partial charge on any atom is -0.383 e. The molecule has 1 heterocycles. The number of carbonyl (C=O) groups is 2. The lowest BCUT2D eigenvalue weighted by molar-refractivity contribution is -0.134. The number of anilines is 1. The highest BCUT2D eigenvalue weighted by molar-refractivity contribution is 5.94. The van der Waals surface area contributed by atoms with Gasteiger partial charge in [-0.15, -0.1) is 0 Å². The van der Waals surface area contributed by atoms with Gasteiger partial charge in [0.25, 0.3) is 0 Å². The van der Waals surface area contributed by atoms with Gasteiger partial charge in [0.05, 0.1) is 18.7 Å². The first-order valence-corrected chi connectivity index (χ1v) is 11.4. The average molecular weight is 469 g/mol. The molecule has 0 bridgehead atoms. The summed E-state index contributed by atoms with van der Waals surface area (Å²) in [5.74, 6) is -0.0769. The first-order valence-electron chi connectivity index (χ1n) is 11.4. The molecule has 2 amide bonds. The summed E-state index contributed by atoms with van der Waals surface area (Å²) in [5, 5.41) is 2.90. The van der Waals surface area contributed by atoms with Gasteiger partial charge in [0.2, 0.25) is 17.8 Å². The molecule has 7 heteroatoms. The molecule has 0 unspecified atom stereocenters. The number of para-hydroxylation sites is 1. The van der Waals surface area contributed by atoms with Crippen molar-refractivity contribution in [2.75, 3.05) is 32.1 Å². The summed E-state index contributed by atoms with van der Waals surface area (Å²) in [6.07, 6.45) is 2.11. The van der Waals surface area contributed by atoms with Crippen LogP contribution < -0.4 is 5.32 Å². The van der Waals surface area contributed by atoms with Crippen molar-refractivity contribution in [1.82, 2.24) is 14.5 Å². The van der Waals surface area contributed by atoms with Crippen molar-refractivity contribution < 1.29 is 14.3 Å². The molecule has 0 atom stereocenters. The molecular weight excluding hydrogens is 440 g/mol. The van der Waals surface area contributed by atoms with E-state index in [1.54, 1.807) is 7.11 Å². The standard InChI is InChI=1S/C28H28N4O3/c1-35-18-17-31(27(34)19-22-11-5-2-6-12-22)21-26(33)30-28-29-25(23-13-7-3-8-14-23)20-32(28)24-15-9-4-10-16-24/h2-16,20H,17-19,21H2,1H3,(H,29,30,33). The van der Waals surface area contributed by atoms with Crippen LogP contribution in [0.3, 0.4) is 0 Å². The van der Waals surface area contributed by atoms with E-state index in [9.17, 15) is 9.59 Å². The minimum atomic E-state index is -0.329. The van der Waals surface area contributed by atoms with Gasteiger partial charge >= 0.3 is 0 Å². The first kappa shape index (κ1) is 23.9. The molecule has 0 aliphatic rings. The fourth-order valence-electron chi connectivity index (χ4n) is 3.72. The van der Waals surface area contributed by atoms with E-state index < -0.39 is 0 Å². The van der Waals surface area contributed by atoms with Crippen LogP contribution in [0.25, 0.3) is 16.9 Å². The van der Waals surface area contributed by atoms with Crippen LogP contribution >= 0.6 is 0 Å². The molecule has 4 aromatic rings. The molecule has 3 aromatic carbocycles. The smallest absolute Gasteiger partial charge is 0.246 e. The van der Waals surface area contributed by atoms with Gasteiger partial charge in [-0.3, -0.25) is 19.5 Å². The normalized spacial score (nSPS) is 10.7. The minimum absolute atomic E-state index is 0.0999. The molecule has 0 fully saturated rings. The van der Waals surface area contributed by atoms with Crippen molar-refractivity contribution in [3.63, 3.8) is 0 Å². The molecule has 178 valence electrons. The Morgan fingerprint density at radius 3 is 2.20 bits per heavy atom. The maximum atomic E-state index is 13.1. The molecule has 0 saturated carbocycles. The third kappa shape index (κ3) is 6.43. The Hall–Kier alpha value is -4.23. The van der Waals surface area contributed by atoms with Gasteiger partial charge in [0.15, 0.2) is 0 Å². The Bertz CT molecular complexity index is 1240. The zero-order valence-electron chi connectivity index (χ0n) is 19.6. The van der Waals surface area contributed by atoms with Crippen LogP contribution in [0.5, 0.6) is 0 Å². The van der Waals surface area contributed by atoms with Crippen molar-refractivity contribution in [3.05, 3.63) is 103 Å². The average Bonchev–Trinajstić information content (AvgIpc) is 3.31. The van der Waals surface area contributed by atoms with Crippen molar-refractivity contribution in [3.8, 4) is 16.9 Å². The van der Waals surface area contributed by atoms with Crippen molar-refractivity contribution >= 4 is 17.8 Å². The summed E-state index contributed by atoms with van der Waals surface area (Å²) in [7, 11) is 1.57. The molecule has 1 N–H and O–H groups in total. The number of hydrogen-bond donors (Lipinski definition) is 1. The van der Waals surface area contributed by atoms with Crippen LogP contribution in [0.2, 0.25) is 0 Å². The SMILES string of the molecule is COCCN(CC(=O)Nc1nc(-c2ccccc2)cn1-c1ccccc1)C(=O)Cc1ccccc1. The summed E-state index contributed by atoms with van der Waals surface area (Å²) in [5.41, 5.74) is 3.44. The van der Waals surface area contributed by atoms with Crippen LogP contribution in [0, 0.1) is 0 Å². The second kappa shape index (κ2) is 11.8. The molecule has 0 radical (unpaired) electrons. The van der Waals surface area contributed by atoms with Crippen LogP contribution in [0.15, 0.2) is 97.2 Å². The van der Waals surface area contributed by atoms with Gasteiger partial charge in [-0.1, -0.05) is 78.9 Å². The Morgan fingerprint density at radius 1 is 0.914 bits per heavy atom. The molecular formula is C28H28N4O3. The van der Waals surface area contributed by atoms with Crippen LogP contribution in [0.4, 0.5) is 5.95 Å². The summed E-state index contributed by atoms with van der Waals surface area (Å²) in [6.45, 7) is 0.555. The number of imidazole rings is 1. The number of amides is 2. The molecule has 35 heavy (non-hydrogen) atoms. The van der Waals surface area contributed by atoms with E-state index in [0.29, 0.717) is 19.1 Å². The number of methoxy groups -OCH3 is 1. The third-order valence-corrected chi connectivity index (χ3v) is 5.51. The Morgan fingerprint density at radius 2 is 1.54 bits per heavy atom. The zero-order chi connectivity index (χ0) is 24.5. The van der Waals surface area contributed by atoms with Gasteiger partial charge < -0.3 is 9.64 Å². The molecule has 4 rings (SSSR count). The van der Waals surface area contributed by atoms with Gasteiger partial charge in [-0.2, -0.15) is 0 Å². The van der Waals surface area contributed by atoms with Crippen molar-refractivity contribution in [2.24, 2.45) is 0 Å². The molecule has 0 aliphatic heterocycles. The van der Waals surface area contributed by atoms with Crippen LogP contribution in [-0.4, -0.2) is 53.1 Å². The Kier molecular flexibility index (Phi) is 8.04. The van der Waals surface area contributed by atoms with Gasteiger partial charge in [0, 0.05) is 31.1 Å². The lowest BCUT2D eigenvalue weighted by Crippen LogP contribution is -2.41. The maximum absolute atomic E-state index is 13.1. The molecule has 7 nitrogen and oxygen atoms in total. The Labute approximate surface area is 205 Å². The number of hydrogen-bond acceptors (Lipinski definition) is 4. The lowest BCUT2D eigenvalue weighted by atomic mass is 10.1. The number of carbonyl (C=O) groups excluding carboxylic acids is 2.